The summed E-state index contributed by atoms with van der Waals surface area (Å²) in [5.74, 6) is -0.0888. The molecule has 2 aromatic rings. The fourth-order valence-corrected chi connectivity index (χ4v) is 2.97. The van der Waals surface area contributed by atoms with Crippen molar-refractivity contribution in [2.24, 2.45) is 0 Å². The first-order valence-corrected chi connectivity index (χ1v) is 9.01. The van der Waals surface area contributed by atoms with Gasteiger partial charge in [0.25, 0.3) is 11.8 Å². The second-order valence-corrected chi connectivity index (χ2v) is 6.92. The van der Waals surface area contributed by atoms with Crippen molar-refractivity contribution < 1.29 is 9.59 Å². The van der Waals surface area contributed by atoms with Gasteiger partial charge in [-0.25, -0.2) is 0 Å². The highest BCUT2D eigenvalue weighted by molar-refractivity contribution is 6.30. The van der Waals surface area contributed by atoms with Crippen LogP contribution in [-0.2, 0) is 6.54 Å². The van der Waals surface area contributed by atoms with Crippen LogP contribution >= 0.6 is 11.6 Å². The first-order valence-electron chi connectivity index (χ1n) is 8.63. The average Bonchev–Trinajstić information content (AvgIpc) is 2.67. The Hall–Kier alpha value is -2.37. The van der Waals surface area contributed by atoms with E-state index < -0.39 is 0 Å². The molecule has 0 spiro atoms. The molecule has 0 aromatic heterocycles. The highest BCUT2D eigenvalue weighted by atomic mass is 35.5. The van der Waals surface area contributed by atoms with Gasteiger partial charge in [0.05, 0.1) is 0 Å². The summed E-state index contributed by atoms with van der Waals surface area (Å²) in [6.07, 6.45) is 0. The van der Waals surface area contributed by atoms with Crippen molar-refractivity contribution in [3.8, 4) is 0 Å². The number of carbonyl (C=O) groups is 2. The molecule has 1 fully saturated rings. The molecule has 0 unspecified atom stereocenters. The average molecular weight is 372 g/mol. The van der Waals surface area contributed by atoms with E-state index in [0.29, 0.717) is 22.7 Å². The number of nitrogens with one attached hydrogen (secondary N) is 1. The molecule has 1 N–H and O–H groups in total. The van der Waals surface area contributed by atoms with Gasteiger partial charge in [-0.05, 0) is 49.0 Å². The highest BCUT2D eigenvalue weighted by Gasteiger charge is 2.20. The molecule has 1 aliphatic heterocycles. The summed E-state index contributed by atoms with van der Waals surface area (Å²) in [7, 11) is 2.06. The Balaban J connectivity index is 1.55. The number of benzene rings is 2. The number of rotatable bonds is 4. The summed E-state index contributed by atoms with van der Waals surface area (Å²) in [6, 6.07) is 14.2. The standard InChI is InChI=1S/C20H22ClN3O2/c1-23-10-12-24(13-11-23)20(26)17-4-2-15(3-5-17)14-22-19(25)16-6-8-18(21)9-7-16/h2-9H,10-14H2,1H3,(H,22,25). The first-order chi connectivity index (χ1) is 12.5. The number of carbonyl (C=O) groups excluding carboxylic acids is 2. The first kappa shape index (κ1) is 18.4. The summed E-state index contributed by atoms with van der Waals surface area (Å²) >= 11 is 5.83. The highest BCUT2D eigenvalue weighted by Crippen LogP contribution is 2.11. The van der Waals surface area contributed by atoms with Crippen LogP contribution < -0.4 is 5.32 Å². The van der Waals surface area contributed by atoms with E-state index in [1.54, 1.807) is 24.3 Å². The Kier molecular flexibility index (Phi) is 5.91. The van der Waals surface area contributed by atoms with Gasteiger partial charge in [-0.3, -0.25) is 9.59 Å². The van der Waals surface area contributed by atoms with Crippen LogP contribution in [-0.4, -0.2) is 54.8 Å². The van der Waals surface area contributed by atoms with Gasteiger partial charge < -0.3 is 15.1 Å². The van der Waals surface area contributed by atoms with Gasteiger partial charge >= 0.3 is 0 Å². The van der Waals surface area contributed by atoms with Crippen LogP contribution in [0.25, 0.3) is 0 Å². The summed E-state index contributed by atoms with van der Waals surface area (Å²) in [5, 5.41) is 3.47. The lowest BCUT2D eigenvalue weighted by molar-refractivity contribution is 0.0664. The van der Waals surface area contributed by atoms with Crippen LogP contribution in [0.15, 0.2) is 48.5 Å². The SMILES string of the molecule is CN1CCN(C(=O)c2ccc(CNC(=O)c3ccc(Cl)cc3)cc2)CC1. The molecule has 0 bridgehead atoms. The molecule has 0 atom stereocenters. The molecular weight excluding hydrogens is 350 g/mol. The number of hydrogen-bond acceptors (Lipinski definition) is 3. The van der Waals surface area contributed by atoms with E-state index in [2.05, 4.69) is 17.3 Å². The molecule has 1 aliphatic rings. The molecule has 0 saturated carbocycles. The van der Waals surface area contributed by atoms with E-state index in [1.165, 1.54) is 0 Å². The molecule has 1 saturated heterocycles. The second kappa shape index (κ2) is 8.34. The topological polar surface area (TPSA) is 52.6 Å². The molecule has 0 radical (unpaired) electrons. The van der Waals surface area contributed by atoms with Gasteiger partial charge in [0, 0.05) is 48.9 Å². The summed E-state index contributed by atoms with van der Waals surface area (Å²) in [6.45, 7) is 3.73. The third-order valence-electron chi connectivity index (χ3n) is 4.55. The predicted octanol–water partition coefficient (Wildman–Crippen LogP) is 2.66. The molecule has 3 rings (SSSR count). The van der Waals surface area contributed by atoms with Crippen LogP contribution in [0, 0.1) is 0 Å². The lowest BCUT2D eigenvalue weighted by Crippen LogP contribution is -2.47. The summed E-state index contributed by atoms with van der Waals surface area (Å²) in [5.41, 5.74) is 2.20. The molecule has 2 amide bonds. The zero-order chi connectivity index (χ0) is 18.5. The van der Waals surface area contributed by atoms with E-state index in [4.69, 9.17) is 11.6 Å². The zero-order valence-electron chi connectivity index (χ0n) is 14.7. The van der Waals surface area contributed by atoms with Gasteiger partial charge in [0.1, 0.15) is 0 Å². The minimum atomic E-state index is -0.153. The number of likely N-dealkylation sites (N-methyl/N-ethyl adjacent to an activating group) is 1. The normalized spacial score (nSPS) is 14.9. The summed E-state index contributed by atoms with van der Waals surface area (Å²) in [4.78, 5) is 28.7. The number of halogens is 1. The predicted molar refractivity (Wildman–Crippen MR) is 102 cm³/mol. The van der Waals surface area contributed by atoms with E-state index in [9.17, 15) is 9.59 Å². The Bertz CT molecular complexity index is 767. The van der Waals surface area contributed by atoms with Gasteiger partial charge in [-0.15, -0.1) is 0 Å². The zero-order valence-corrected chi connectivity index (χ0v) is 15.5. The molecule has 5 nitrogen and oxygen atoms in total. The van der Waals surface area contributed by atoms with Crippen molar-refractivity contribution in [3.05, 3.63) is 70.2 Å². The van der Waals surface area contributed by atoms with Crippen molar-refractivity contribution in [2.45, 2.75) is 6.54 Å². The Labute approximate surface area is 158 Å². The van der Waals surface area contributed by atoms with Crippen LogP contribution in [0.4, 0.5) is 0 Å². The van der Waals surface area contributed by atoms with Gasteiger partial charge in [0.15, 0.2) is 0 Å². The third-order valence-corrected chi connectivity index (χ3v) is 4.80. The van der Waals surface area contributed by atoms with Crippen LogP contribution in [0.5, 0.6) is 0 Å². The van der Waals surface area contributed by atoms with Crippen molar-refractivity contribution >= 4 is 23.4 Å². The Morgan fingerprint density at radius 3 is 2.12 bits per heavy atom. The largest absolute Gasteiger partial charge is 0.348 e. The Morgan fingerprint density at radius 2 is 1.50 bits per heavy atom. The van der Waals surface area contributed by atoms with E-state index >= 15 is 0 Å². The molecule has 1 heterocycles. The van der Waals surface area contributed by atoms with Crippen molar-refractivity contribution in [2.75, 3.05) is 33.2 Å². The molecule has 6 heteroatoms. The van der Waals surface area contributed by atoms with Crippen LogP contribution in [0.1, 0.15) is 26.3 Å². The lowest BCUT2D eigenvalue weighted by Gasteiger charge is -2.32. The molecule has 0 aliphatic carbocycles. The minimum Gasteiger partial charge on any atom is -0.348 e. The molecule has 2 aromatic carbocycles. The minimum absolute atomic E-state index is 0.0647. The van der Waals surface area contributed by atoms with Crippen LogP contribution in [0.3, 0.4) is 0 Å². The van der Waals surface area contributed by atoms with E-state index in [0.717, 1.165) is 31.7 Å². The van der Waals surface area contributed by atoms with Crippen molar-refractivity contribution in [1.29, 1.82) is 0 Å². The Morgan fingerprint density at radius 1 is 0.923 bits per heavy atom. The third kappa shape index (κ3) is 4.62. The lowest BCUT2D eigenvalue weighted by atomic mass is 10.1. The van der Waals surface area contributed by atoms with Crippen molar-refractivity contribution in [3.63, 3.8) is 0 Å². The fourth-order valence-electron chi connectivity index (χ4n) is 2.84. The second-order valence-electron chi connectivity index (χ2n) is 6.48. The monoisotopic (exact) mass is 371 g/mol. The maximum atomic E-state index is 12.5. The van der Waals surface area contributed by atoms with Gasteiger partial charge in [-0.1, -0.05) is 23.7 Å². The number of piperazine rings is 1. The smallest absolute Gasteiger partial charge is 0.253 e. The number of nitrogens with zero attached hydrogens (tertiary/aromatic N) is 2. The van der Waals surface area contributed by atoms with Crippen LogP contribution in [0.2, 0.25) is 5.02 Å². The number of amides is 2. The molecule has 136 valence electrons. The number of hydrogen-bond donors (Lipinski definition) is 1. The molecular formula is C20H22ClN3O2. The van der Waals surface area contributed by atoms with Crippen molar-refractivity contribution in [1.82, 2.24) is 15.1 Å². The van der Waals surface area contributed by atoms with Gasteiger partial charge in [-0.2, -0.15) is 0 Å². The summed E-state index contributed by atoms with van der Waals surface area (Å²) < 4.78 is 0. The van der Waals surface area contributed by atoms with E-state index in [-0.39, 0.29) is 11.8 Å². The fraction of sp³-hybridized carbons (Fsp3) is 0.300. The van der Waals surface area contributed by atoms with E-state index in [1.807, 2.05) is 29.2 Å². The maximum Gasteiger partial charge on any atom is 0.253 e. The van der Waals surface area contributed by atoms with Gasteiger partial charge in [0.2, 0.25) is 0 Å². The quantitative estimate of drug-likeness (QED) is 0.899. The maximum absolute atomic E-state index is 12.5. The molecule has 26 heavy (non-hydrogen) atoms.